The van der Waals surface area contributed by atoms with E-state index in [1.165, 1.54) is 4.68 Å². The minimum atomic E-state index is -0.194. The minimum absolute atomic E-state index is 0.194. The first-order chi connectivity index (χ1) is 11.7. The number of hydrogen-bond acceptors (Lipinski definition) is 3. The Morgan fingerprint density at radius 2 is 1.83 bits per heavy atom. The molecule has 122 valence electrons. The summed E-state index contributed by atoms with van der Waals surface area (Å²) in [6, 6.07) is 17.2. The van der Waals surface area contributed by atoms with E-state index in [-0.39, 0.29) is 5.56 Å². The second-order valence-corrected chi connectivity index (χ2v) is 5.36. The molecular weight excluding hydrogens is 302 g/mol. The molecule has 0 aliphatic carbocycles. The molecule has 1 aromatic heterocycles. The minimum Gasteiger partial charge on any atom is -0.478 e. The fraction of sp³-hybridized carbons (Fsp3) is 0.158. The smallest absolute Gasteiger partial charge is 0.284 e. The monoisotopic (exact) mass is 321 g/mol. The van der Waals surface area contributed by atoms with Gasteiger partial charge in [-0.15, -0.1) is 0 Å². The summed E-state index contributed by atoms with van der Waals surface area (Å²) in [7, 11) is 0. The van der Waals surface area contributed by atoms with Gasteiger partial charge >= 0.3 is 0 Å². The van der Waals surface area contributed by atoms with E-state index in [1.807, 2.05) is 68.4 Å². The number of nitrogens with one attached hydrogen (secondary N) is 1. The third-order valence-electron chi connectivity index (χ3n) is 3.57. The second kappa shape index (κ2) is 7.00. The molecule has 0 amide bonds. The summed E-state index contributed by atoms with van der Waals surface area (Å²) < 4.78 is 7.02. The van der Waals surface area contributed by atoms with Crippen molar-refractivity contribution in [3.8, 4) is 11.6 Å². The summed E-state index contributed by atoms with van der Waals surface area (Å²) in [6.45, 7) is 4.35. The zero-order chi connectivity index (χ0) is 16.9. The number of hydrogen-bond donors (Lipinski definition) is 1. The molecule has 3 rings (SSSR count). The number of rotatable bonds is 5. The van der Waals surface area contributed by atoms with Crippen LogP contribution in [0.1, 0.15) is 18.1 Å². The normalized spacial score (nSPS) is 11.1. The Balaban J connectivity index is 2.01. The highest BCUT2D eigenvalue weighted by Crippen LogP contribution is 2.16. The maximum Gasteiger partial charge on any atom is 0.284 e. The predicted octanol–water partition coefficient (Wildman–Crippen LogP) is 3.62. The lowest BCUT2D eigenvalue weighted by atomic mass is 10.2. The van der Waals surface area contributed by atoms with Gasteiger partial charge < -0.3 is 4.74 Å². The Kier molecular flexibility index (Phi) is 4.61. The van der Waals surface area contributed by atoms with Crippen molar-refractivity contribution in [2.45, 2.75) is 13.8 Å². The highest BCUT2D eigenvalue weighted by molar-refractivity contribution is 5.84. The third-order valence-corrected chi connectivity index (χ3v) is 3.57. The summed E-state index contributed by atoms with van der Waals surface area (Å²) in [4.78, 5) is 17.1. The first-order valence-electron chi connectivity index (χ1n) is 7.83. The van der Waals surface area contributed by atoms with Crippen LogP contribution in [0.4, 0.5) is 5.69 Å². The van der Waals surface area contributed by atoms with E-state index in [1.54, 1.807) is 6.21 Å². The number of ether oxygens (including phenoxy) is 1. The van der Waals surface area contributed by atoms with Crippen molar-refractivity contribution in [2.24, 2.45) is 4.99 Å². The molecular formula is C19H19N3O2. The van der Waals surface area contributed by atoms with E-state index < -0.39 is 0 Å². The van der Waals surface area contributed by atoms with E-state index >= 15 is 0 Å². The molecule has 0 fully saturated rings. The first-order valence-corrected chi connectivity index (χ1v) is 7.83. The van der Waals surface area contributed by atoms with Gasteiger partial charge in [-0.2, -0.15) is 0 Å². The van der Waals surface area contributed by atoms with Crippen molar-refractivity contribution < 1.29 is 4.74 Å². The van der Waals surface area contributed by atoms with Crippen molar-refractivity contribution in [2.75, 3.05) is 6.61 Å². The maximum absolute atomic E-state index is 12.7. The topological polar surface area (TPSA) is 59.4 Å². The summed E-state index contributed by atoms with van der Waals surface area (Å²) in [6.07, 6.45) is 1.55. The van der Waals surface area contributed by atoms with Crippen LogP contribution in [0.5, 0.6) is 5.88 Å². The lowest BCUT2D eigenvalue weighted by Crippen LogP contribution is -2.17. The average molecular weight is 321 g/mol. The van der Waals surface area contributed by atoms with E-state index in [0.717, 1.165) is 16.9 Å². The quantitative estimate of drug-likeness (QED) is 0.730. The van der Waals surface area contributed by atoms with Crippen molar-refractivity contribution >= 4 is 11.9 Å². The van der Waals surface area contributed by atoms with Gasteiger partial charge in [0.25, 0.3) is 5.56 Å². The molecule has 3 aromatic rings. The van der Waals surface area contributed by atoms with Gasteiger partial charge in [0.2, 0.25) is 5.88 Å². The van der Waals surface area contributed by atoms with E-state index in [9.17, 15) is 4.79 Å². The highest BCUT2D eigenvalue weighted by atomic mass is 16.5. The van der Waals surface area contributed by atoms with Crippen molar-refractivity contribution in [3.05, 3.63) is 76.1 Å². The van der Waals surface area contributed by atoms with Crippen LogP contribution in [0.15, 0.2) is 64.4 Å². The molecule has 2 aromatic carbocycles. The number of nitrogens with zero attached hydrogens (tertiary/aromatic N) is 2. The van der Waals surface area contributed by atoms with E-state index in [4.69, 9.17) is 4.74 Å². The lowest BCUT2D eigenvalue weighted by molar-refractivity contribution is 0.324. The average Bonchev–Trinajstić information content (AvgIpc) is 2.91. The summed E-state index contributed by atoms with van der Waals surface area (Å²) >= 11 is 0. The first kappa shape index (κ1) is 15.8. The Labute approximate surface area is 140 Å². The van der Waals surface area contributed by atoms with Gasteiger partial charge in [0.1, 0.15) is 5.56 Å². The fourth-order valence-corrected chi connectivity index (χ4v) is 2.33. The SMILES string of the molecule is CCOc1[nH]n(-c2ccccc2)c(=O)c1C=Nc1ccc(C)cc1. The Hall–Kier alpha value is -3.08. The Morgan fingerprint density at radius 1 is 1.12 bits per heavy atom. The van der Waals surface area contributed by atoms with Gasteiger partial charge in [0, 0.05) is 6.21 Å². The zero-order valence-corrected chi connectivity index (χ0v) is 13.7. The Bertz CT molecular complexity index is 891. The molecule has 0 atom stereocenters. The largest absolute Gasteiger partial charge is 0.478 e. The standard InChI is InChI=1S/C19H19N3O2/c1-3-24-18-17(13-20-15-11-9-14(2)10-12-15)19(23)22(21-18)16-7-5-4-6-8-16/h4-13,21H,3H2,1-2H3. The van der Waals surface area contributed by atoms with Crippen LogP contribution in [0.25, 0.3) is 5.69 Å². The molecule has 0 bridgehead atoms. The molecule has 0 saturated carbocycles. The summed E-state index contributed by atoms with van der Waals surface area (Å²) in [5.74, 6) is 0.419. The van der Waals surface area contributed by atoms with E-state index in [2.05, 4.69) is 10.1 Å². The van der Waals surface area contributed by atoms with E-state index in [0.29, 0.717) is 18.1 Å². The third kappa shape index (κ3) is 3.30. The van der Waals surface area contributed by atoms with Crippen LogP contribution in [-0.4, -0.2) is 22.6 Å². The molecule has 0 aliphatic heterocycles. The van der Waals surface area contributed by atoms with Gasteiger partial charge in [0.15, 0.2) is 0 Å². The molecule has 0 unspecified atom stereocenters. The van der Waals surface area contributed by atoms with Crippen LogP contribution in [0.2, 0.25) is 0 Å². The lowest BCUT2D eigenvalue weighted by Gasteiger charge is -2.01. The van der Waals surface area contributed by atoms with Crippen molar-refractivity contribution in [3.63, 3.8) is 0 Å². The number of H-pyrrole nitrogens is 1. The van der Waals surface area contributed by atoms with Gasteiger partial charge in [-0.05, 0) is 38.1 Å². The molecule has 1 N–H and O–H groups in total. The second-order valence-electron chi connectivity index (χ2n) is 5.36. The molecule has 5 heteroatoms. The van der Waals surface area contributed by atoms with Gasteiger partial charge in [0.05, 0.1) is 18.0 Å². The van der Waals surface area contributed by atoms with Crippen LogP contribution >= 0.6 is 0 Å². The van der Waals surface area contributed by atoms with Crippen molar-refractivity contribution in [1.82, 2.24) is 9.78 Å². The number of aryl methyl sites for hydroxylation is 1. The number of aromatic nitrogens is 2. The Morgan fingerprint density at radius 3 is 2.50 bits per heavy atom. The predicted molar refractivity (Wildman–Crippen MR) is 96.0 cm³/mol. The summed E-state index contributed by atoms with van der Waals surface area (Å²) in [5.41, 5.74) is 2.91. The number of aliphatic imine (C=N–C) groups is 1. The number of benzene rings is 2. The van der Waals surface area contributed by atoms with Crippen LogP contribution < -0.4 is 10.3 Å². The van der Waals surface area contributed by atoms with Crippen LogP contribution in [0.3, 0.4) is 0 Å². The zero-order valence-electron chi connectivity index (χ0n) is 13.7. The molecule has 0 spiro atoms. The fourth-order valence-electron chi connectivity index (χ4n) is 2.33. The number of aromatic amines is 1. The molecule has 1 heterocycles. The maximum atomic E-state index is 12.7. The molecule has 24 heavy (non-hydrogen) atoms. The van der Waals surface area contributed by atoms with Gasteiger partial charge in [-0.3, -0.25) is 14.9 Å². The van der Waals surface area contributed by atoms with Crippen LogP contribution in [0, 0.1) is 6.92 Å². The molecule has 0 aliphatic rings. The van der Waals surface area contributed by atoms with Crippen LogP contribution in [-0.2, 0) is 0 Å². The molecule has 0 radical (unpaired) electrons. The highest BCUT2D eigenvalue weighted by Gasteiger charge is 2.14. The van der Waals surface area contributed by atoms with Crippen molar-refractivity contribution in [1.29, 1.82) is 0 Å². The van der Waals surface area contributed by atoms with Gasteiger partial charge in [-0.1, -0.05) is 35.9 Å². The summed E-state index contributed by atoms with van der Waals surface area (Å²) in [5, 5.41) is 3.00. The molecule has 5 nitrogen and oxygen atoms in total. The van der Waals surface area contributed by atoms with Gasteiger partial charge in [-0.25, -0.2) is 4.68 Å². The molecule has 0 saturated heterocycles. The number of para-hydroxylation sites is 1.